The van der Waals surface area contributed by atoms with Crippen molar-refractivity contribution in [3.8, 4) is 17.0 Å². The Kier molecular flexibility index (Phi) is 2.77. The number of nitrogens with zero attached hydrogens (tertiary/aromatic N) is 2. The van der Waals surface area contributed by atoms with Gasteiger partial charge in [-0.3, -0.25) is 10.1 Å². The molecule has 4 aromatic rings. The molecule has 6 heteroatoms. The van der Waals surface area contributed by atoms with Crippen LogP contribution in [0.4, 0.5) is 0 Å². The van der Waals surface area contributed by atoms with Crippen molar-refractivity contribution in [1.29, 1.82) is 0 Å². The Bertz CT molecular complexity index is 1070. The van der Waals surface area contributed by atoms with Crippen LogP contribution in [-0.2, 0) is 0 Å². The minimum Gasteiger partial charge on any atom is -0.506 e. The topological polar surface area (TPSA) is 99.1 Å². The smallest absolute Gasteiger partial charge is 0.335 e. The second-order valence-corrected chi connectivity index (χ2v) is 5.17. The summed E-state index contributed by atoms with van der Waals surface area (Å²) in [7, 11) is 0. The molecule has 23 heavy (non-hydrogen) atoms. The maximum absolute atomic E-state index is 11.1. The Morgan fingerprint density at radius 1 is 1.09 bits per heavy atom. The monoisotopic (exact) mass is 305 g/mol. The number of carboxylic acid groups (broad SMARTS) is 1. The Hall–Kier alpha value is -3.41. The summed E-state index contributed by atoms with van der Waals surface area (Å²) < 4.78 is 0. The molecule has 112 valence electrons. The summed E-state index contributed by atoms with van der Waals surface area (Å²) in [6, 6.07) is 11.8. The first-order valence-electron chi connectivity index (χ1n) is 6.93. The quantitative estimate of drug-likeness (QED) is 0.528. The van der Waals surface area contributed by atoms with E-state index in [1.165, 1.54) is 0 Å². The molecule has 2 aromatic carbocycles. The van der Waals surface area contributed by atoms with Gasteiger partial charge in [0.1, 0.15) is 17.0 Å². The molecule has 0 spiro atoms. The van der Waals surface area contributed by atoms with Gasteiger partial charge in [0.2, 0.25) is 0 Å². The van der Waals surface area contributed by atoms with E-state index in [2.05, 4.69) is 15.2 Å². The van der Waals surface area contributed by atoms with Crippen molar-refractivity contribution < 1.29 is 15.0 Å². The fourth-order valence-corrected chi connectivity index (χ4v) is 2.72. The number of phenols is 1. The molecular weight excluding hydrogens is 294 g/mol. The van der Waals surface area contributed by atoms with Gasteiger partial charge in [-0.15, -0.1) is 0 Å². The molecule has 2 heterocycles. The molecule has 0 bridgehead atoms. The lowest BCUT2D eigenvalue weighted by atomic mass is 10.0. The second kappa shape index (κ2) is 4.81. The normalized spacial score (nSPS) is 11.1. The van der Waals surface area contributed by atoms with Crippen LogP contribution >= 0.6 is 0 Å². The molecule has 0 atom stereocenters. The average Bonchev–Trinajstić information content (AvgIpc) is 2.98. The summed E-state index contributed by atoms with van der Waals surface area (Å²) in [5.41, 5.74) is 2.86. The van der Waals surface area contributed by atoms with Crippen molar-refractivity contribution in [2.75, 3.05) is 0 Å². The number of fused-ring (bicyclic) bond motifs is 2. The average molecular weight is 305 g/mol. The third kappa shape index (κ3) is 2.00. The molecule has 6 nitrogen and oxygen atoms in total. The first-order valence-corrected chi connectivity index (χ1v) is 6.93. The number of aromatic carboxylic acids is 1. The highest BCUT2D eigenvalue weighted by atomic mass is 16.4. The van der Waals surface area contributed by atoms with Gasteiger partial charge in [0, 0.05) is 22.5 Å². The summed E-state index contributed by atoms with van der Waals surface area (Å²) in [6.07, 6.45) is 1.62. The number of aromatic hydroxyl groups is 1. The van der Waals surface area contributed by atoms with Gasteiger partial charge in [0.05, 0.1) is 11.1 Å². The summed E-state index contributed by atoms with van der Waals surface area (Å²) >= 11 is 0. The van der Waals surface area contributed by atoms with Gasteiger partial charge in [0.25, 0.3) is 0 Å². The number of carbonyl (C=O) groups is 1. The van der Waals surface area contributed by atoms with Crippen molar-refractivity contribution in [1.82, 2.24) is 15.2 Å². The number of hydrogen-bond donors (Lipinski definition) is 3. The molecule has 0 aliphatic rings. The minimum absolute atomic E-state index is 0.109. The summed E-state index contributed by atoms with van der Waals surface area (Å²) in [4.78, 5) is 15.3. The zero-order valence-electron chi connectivity index (χ0n) is 11.8. The molecule has 0 unspecified atom stereocenters. The zero-order chi connectivity index (χ0) is 16.0. The van der Waals surface area contributed by atoms with Gasteiger partial charge in [0.15, 0.2) is 0 Å². The van der Waals surface area contributed by atoms with E-state index >= 15 is 0 Å². The number of carboxylic acids is 1. The van der Waals surface area contributed by atoms with Crippen LogP contribution < -0.4 is 0 Å². The van der Waals surface area contributed by atoms with Gasteiger partial charge in [-0.25, -0.2) is 4.79 Å². The number of aromatic nitrogens is 3. The highest BCUT2D eigenvalue weighted by Gasteiger charge is 2.14. The first kappa shape index (κ1) is 13.3. The molecule has 0 amide bonds. The van der Waals surface area contributed by atoms with Crippen LogP contribution in [0.2, 0.25) is 0 Å². The van der Waals surface area contributed by atoms with E-state index in [1.807, 2.05) is 6.07 Å². The number of hydrogen-bond acceptors (Lipinski definition) is 4. The predicted molar refractivity (Wildman–Crippen MR) is 85.5 cm³/mol. The maximum Gasteiger partial charge on any atom is 0.335 e. The Morgan fingerprint density at radius 3 is 2.78 bits per heavy atom. The standard InChI is InChI=1S/C17H11N3O3/c21-14-6-5-11(10-2-1-7-18-16(10)14)15-12-4-3-9(17(22)23)8-13(12)19-20-15/h1-8,21H,(H,19,20)(H,22,23). The van der Waals surface area contributed by atoms with Gasteiger partial charge < -0.3 is 10.2 Å². The third-order valence-electron chi connectivity index (χ3n) is 3.81. The predicted octanol–water partition coefficient (Wildman–Crippen LogP) is 3.18. The molecule has 0 aliphatic carbocycles. The van der Waals surface area contributed by atoms with E-state index in [9.17, 15) is 9.90 Å². The van der Waals surface area contributed by atoms with E-state index in [4.69, 9.17) is 5.11 Å². The molecule has 0 radical (unpaired) electrons. The van der Waals surface area contributed by atoms with Crippen LogP contribution in [0.3, 0.4) is 0 Å². The number of rotatable bonds is 2. The first-order chi connectivity index (χ1) is 11.1. The van der Waals surface area contributed by atoms with Crippen molar-refractivity contribution in [3.05, 3.63) is 54.2 Å². The molecular formula is C17H11N3O3. The summed E-state index contributed by atoms with van der Waals surface area (Å²) in [5, 5.41) is 27.8. The van der Waals surface area contributed by atoms with Crippen molar-refractivity contribution >= 4 is 27.8 Å². The molecule has 0 fully saturated rings. The van der Waals surface area contributed by atoms with Crippen molar-refractivity contribution in [2.45, 2.75) is 0 Å². The van der Waals surface area contributed by atoms with Crippen LogP contribution in [0, 0.1) is 0 Å². The van der Waals surface area contributed by atoms with Crippen LogP contribution in [0.25, 0.3) is 33.1 Å². The highest BCUT2D eigenvalue weighted by Crippen LogP contribution is 2.35. The van der Waals surface area contributed by atoms with Gasteiger partial charge in [-0.05, 0) is 36.4 Å². The zero-order valence-corrected chi connectivity index (χ0v) is 11.8. The van der Waals surface area contributed by atoms with Crippen LogP contribution in [0.15, 0.2) is 48.7 Å². The van der Waals surface area contributed by atoms with E-state index < -0.39 is 5.97 Å². The molecule has 0 aliphatic heterocycles. The maximum atomic E-state index is 11.1. The number of benzene rings is 2. The van der Waals surface area contributed by atoms with E-state index in [0.29, 0.717) is 16.7 Å². The number of pyridine rings is 1. The second-order valence-electron chi connectivity index (χ2n) is 5.17. The minimum atomic E-state index is -0.984. The lowest BCUT2D eigenvalue weighted by Crippen LogP contribution is -1.94. The van der Waals surface area contributed by atoms with Gasteiger partial charge in [-0.1, -0.05) is 6.07 Å². The van der Waals surface area contributed by atoms with E-state index in [1.54, 1.807) is 42.6 Å². The lowest BCUT2D eigenvalue weighted by Gasteiger charge is -2.05. The summed E-state index contributed by atoms with van der Waals surface area (Å²) in [5.74, 6) is -0.875. The SMILES string of the molecule is O=C(O)c1ccc2c(-c3ccc(O)c4ncccc34)n[nH]c2c1. The summed E-state index contributed by atoms with van der Waals surface area (Å²) in [6.45, 7) is 0. The lowest BCUT2D eigenvalue weighted by molar-refractivity contribution is 0.0697. The highest BCUT2D eigenvalue weighted by molar-refractivity contribution is 6.05. The third-order valence-corrected chi connectivity index (χ3v) is 3.81. The van der Waals surface area contributed by atoms with Crippen LogP contribution in [0.1, 0.15) is 10.4 Å². The molecule has 3 N–H and O–H groups in total. The van der Waals surface area contributed by atoms with Gasteiger partial charge >= 0.3 is 5.97 Å². The molecule has 4 rings (SSSR count). The fourth-order valence-electron chi connectivity index (χ4n) is 2.72. The molecule has 0 saturated heterocycles. The Labute approximate surface area is 130 Å². The Morgan fingerprint density at radius 2 is 1.96 bits per heavy atom. The number of phenolic OH excluding ortho intramolecular Hbond substituents is 1. The number of H-pyrrole nitrogens is 1. The largest absolute Gasteiger partial charge is 0.506 e. The fraction of sp³-hybridized carbons (Fsp3) is 0. The molecule has 2 aromatic heterocycles. The van der Waals surface area contributed by atoms with Crippen molar-refractivity contribution in [3.63, 3.8) is 0 Å². The van der Waals surface area contributed by atoms with Crippen LogP contribution in [0.5, 0.6) is 5.75 Å². The van der Waals surface area contributed by atoms with Gasteiger partial charge in [-0.2, -0.15) is 5.10 Å². The Balaban J connectivity index is 2.00. The number of nitrogens with one attached hydrogen (secondary N) is 1. The number of aromatic amines is 1. The molecule has 0 saturated carbocycles. The van der Waals surface area contributed by atoms with E-state index in [-0.39, 0.29) is 11.3 Å². The van der Waals surface area contributed by atoms with Crippen molar-refractivity contribution in [2.24, 2.45) is 0 Å². The van der Waals surface area contributed by atoms with Crippen LogP contribution in [-0.4, -0.2) is 31.4 Å². The van der Waals surface area contributed by atoms with E-state index in [0.717, 1.165) is 16.3 Å².